The summed E-state index contributed by atoms with van der Waals surface area (Å²) >= 11 is 0. The van der Waals surface area contributed by atoms with Gasteiger partial charge in [0.2, 0.25) is 0 Å². The summed E-state index contributed by atoms with van der Waals surface area (Å²) in [4.78, 5) is 12.8. The molecule has 1 atom stereocenters. The molecule has 0 spiro atoms. The second-order valence-corrected chi connectivity index (χ2v) is 6.27. The third-order valence-corrected chi connectivity index (χ3v) is 4.01. The second-order valence-electron chi connectivity index (χ2n) is 6.27. The van der Waals surface area contributed by atoms with Crippen LogP contribution in [0.1, 0.15) is 18.3 Å². The molecule has 0 aliphatic carbocycles. The Kier molecular flexibility index (Phi) is 4.86. The summed E-state index contributed by atoms with van der Waals surface area (Å²) in [6.07, 6.45) is 5.58. The highest BCUT2D eigenvalue weighted by atomic mass is 16.5. The zero-order valence-corrected chi connectivity index (χ0v) is 14.9. The average Bonchev–Trinajstić information content (AvgIpc) is 3.35. The van der Waals surface area contributed by atoms with E-state index in [0.29, 0.717) is 24.7 Å². The highest BCUT2D eigenvalue weighted by Gasteiger charge is 2.11. The Bertz CT molecular complexity index is 965. The lowest BCUT2D eigenvalue weighted by Crippen LogP contribution is -2.22. The van der Waals surface area contributed by atoms with Gasteiger partial charge in [0.05, 0.1) is 12.1 Å². The molecular weight excluding hydrogens is 342 g/mol. The molecule has 4 rings (SSSR count). The SMILES string of the molecule is C[C@@H](Cn1cncn1)Nc1ccc(-c2nc(Cc3ccccc3)no2)cn1. The number of aromatic nitrogens is 6. The van der Waals surface area contributed by atoms with Gasteiger partial charge in [0.1, 0.15) is 18.5 Å². The first-order chi connectivity index (χ1) is 13.3. The summed E-state index contributed by atoms with van der Waals surface area (Å²) < 4.78 is 7.15. The number of anilines is 1. The topological polar surface area (TPSA) is 94.6 Å². The van der Waals surface area contributed by atoms with Crippen LogP contribution in [0.3, 0.4) is 0 Å². The molecule has 136 valence electrons. The fraction of sp³-hybridized carbons (Fsp3) is 0.211. The number of nitrogens with zero attached hydrogens (tertiary/aromatic N) is 6. The van der Waals surface area contributed by atoms with Gasteiger partial charge in [-0.15, -0.1) is 0 Å². The van der Waals surface area contributed by atoms with Gasteiger partial charge in [-0.25, -0.2) is 9.97 Å². The molecule has 0 amide bonds. The lowest BCUT2D eigenvalue weighted by molar-refractivity contribution is 0.424. The molecule has 27 heavy (non-hydrogen) atoms. The van der Waals surface area contributed by atoms with E-state index in [2.05, 4.69) is 37.4 Å². The van der Waals surface area contributed by atoms with Crippen LogP contribution in [0.2, 0.25) is 0 Å². The Morgan fingerprint density at radius 1 is 1.15 bits per heavy atom. The number of pyridine rings is 1. The van der Waals surface area contributed by atoms with Crippen molar-refractivity contribution in [1.29, 1.82) is 0 Å². The zero-order chi connectivity index (χ0) is 18.5. The van der Waals surface area contributed by atoms with Crippen molar-refractivity contribution in [2.45, 2.75) is 25.9 Å². The molecule has 3 aromatic heterocycles. The van der Waals surface area contributed by atoms with Crippen molar-refractivity contribution >= 4 is 5.82 Å². The maximum absolute atomic E-state index is 5.37. The van der Waals surface area contributed by atoms with E-state index >= 15 is 0 Å². The molecule has 0 saturated heterocycles. The van der Waals surface area contributed by atoms with E-state index < -0.39 is 0 Å². The first kappa shape index (κ1) is 16.9. The van der Waals surface area contributed by atoms with Gasteiger partial charge in [-0.05, 0) is 24.6 Å². The third kappa shape index (κ3) is 4.35. The fourth-order valence-electron chi connectivity index (χ4n) is 2.73. The number of hydrogen-bond acceptors (Lipinski definition) is 7. The van der Waals surface area contributed by atoms with Crippen molar-refractivity contribution in [3.05, 3.63) is 72.7 Å². The molecule has 0 aliphatic heterocycles. The normalized spacial score (nSPS) is 12.0. The van der Waals surface area contributed by atoms with Crippen LogP contribution in [0.4, 0.5) is 5.82 Å². The van der Waals surface area contributed by atoms with Crippen molar-refractivity contribution in [1.82, 2.24) is 29.9 Å². The molecule has 4 aromatic rings. The predicted molar refractivity (Wildman–Crippen MR) is 99.9 cm³/mol. The van der Waals surface area contributed by atoms with Crippen LogP contribution in [0, 0.1) is 0 Å². The fourth-order valence-corrected chi connectivity index (χ4v) is 2.73. The average molecular weight is 361 g/mol. The van der Waals surface area contributed by atoms with E-state index in [-0.39, 0.29) is 6.04 Å². The smallest absolute Gasteiger partial charge is 0.259 e. The van der Waals surface area contributed by atoms with Crippen LogP contribution in [-0.4, -0.2) is 35.9 Å². The van der Waals surface area contributed by atoms with E-state index in [0.717, 1.165) is 16.9 Å². The summed E-state index contributed by atoms with van der Waals surface area (Å²) in [7, 11) is 0. The van der Waals surface area contributed by atoms with Crippen molar-refractivity contribution < 1.29 is 4.52 Å². The summed E-state index contributed by atoms with van der Waals surface area (Å²) in [5.74, 6) is 1.89. The molecule has 8 nitrogen and oxygen atoms in total. The van der Waals surface area contributed by atoms with Crippen molar-refractivity contribution in [2.75, 3.05) is 5.32 Å². The molecule has 0 radical (unpaired) electrons. The van der Waals surface area contributed by atoms with Crippen LogP contribution < -0.4 is 5.32 Å². The van der Waals surface area contributed by atoms with E-state index in [4.69, 9.17) is 4.52 Å². The minimum absolute atomic E-state index is 0.158. The molecule has 0 saturated carbocycles. The minimum atomic E-state index is 0.158. The van der Waals surface area contributed by atoms with Gasteiger partial charge < -0.3 is 9.84 Å². The molecular formula is C19H19N7O. The number of hydrogen-bond donors (Lipinski definition) is 1. The molecule has 0 unspecified atom stereocenters. The lowest BCUT2D eigenvalue weighted by atomic mass is 10.1. The Morgan fingerprint density at radius 2 is 2.04 bits per heavy atom. The first-order valence-electron chi connectivity index (χ1n) is 8.68. The van der Waals surface area contributed by atoms with Crippen LogP contribution in [0.25, 0.3) is 11.5 Å². The summed E-state index contributed by atoms with van der Waals surface area (Å²) in [6, 6.07) is 14.0. The number of benzene rings is 1. The highest BCUT2D eigenvalue weighted by molar-refractivity contribution is 5.54. The molecule has 0 aliphatic rings. The standard InChI is InChI=1S/C19H19N7O/c1-14(11-26-13-20-12-22-26)23-17-8-7-16(10-21-17)19-24-18(25-27-19)9-15-5-3-2-4-6-15/h2-8,10,12-14H,9,11H2,1H3,(H,21,23)/t14-/m0/s1. The number of rotatable bonds is 7. The Hall–Kier alpha value is -3.55. The van der Waals surface area contributed by atoms with E-state index in [1.807, 2.05) is 42.5 Å². The summed E-state index contributed by atoms with van der Waals surface area (Å²) in [5.41, 5.74) is 1.93. The van der Waals surface area contributed by atoms with Crippen LogP contribution in [-0.2, 0) is 13.0 Å². The zero-order valence-electron chi connectivity index (χ0n) is 14.9. The van der Waals surface area contributed by atoms with Crippen molar-refractivity contribution in [3.63, 3.8) is 0 Å². The molecule has 3 heterocycles. The molecule has 1 aromatic carbocycles. The van der Waals surface area contributed by atoms with Gasteiger partial charge in [0, 0.05) is 18.7 Å². The maximum atomic E-state index is 5.37. The van der Waals surface area contributed by atoms with Crippen LogP contribution >= 0.6 is 0 Å². The van der Waals surface area contributed by atoms with Crippen molar-refractivity contribution in [2.24, 2.45) is 0 Å². The Morgan fingerprint density at radius 3 is 2.78 bits per heavy atom. The molecule has 8 heteroatoms. The van der Waals surface area contributed by atoms with Gasteiger partial charge in [0.25, 0.3) is 5.89 Å². The lowest BCUT2D eigenvalue weighted by Gasteiger charge is -2.14. The van der Waals surface area contributed by atoms with E-state index in [1.54, 1.807) is 17.2 Å². The number of nitrogens with one attached hydrogen (secondary N) is 1. The molecule has 0 fully saturated rings. The van der Waals surface area contributed by atoms with Gasteiger partial charge >= 0.3 is 0 Å². The van der Waals surface area contributed by atoms with Crippen LogP contribution in [0.5, 0.6) is 0 Å². The van der Waals surface area contributed by atoms with Gasteiger partial charge in [0.15, 0.2) is 5.82 Å². The summed E-state index contributed by atoms with van der Waals surface area (Å²) in [6.45, 7) is 2.76. The van der Waals surface area contributed by atoms with Gasteiger partial charge in [-0.2, -0.15) is 10.1 Å². The van der Waals surface area contributed by atoms with Crippen LogP contribution in [0.15, 0.2) is 65.8 Å². The quantitative estimate of drug-likeness (QED) is 0.541. The minimum Gasteiger partial charge on any atom is -0.366 e. The molecule has 0 bridgehead atoms. The van der Waals surface area contributed by atoms with Crippen molar-refractivity contribution in [3.8, 4) is 11.5 Å². The highest BCUT2D eigenvalue weighted by Crippen LogP contribution is 2.19. The predicted octanol–water partition coefficient (Wildman–Crippen LogP) is 2.81. The Balaban J connectivity index is 1.39. The largest absolute Gasteiger partial charge is 0.366 e. The monoisotopic (exact) mass is 361 g/mol. The van der Waals surface area contributed by atoms with E-state index in [9.17, 15) is 0 Å². The summed E-state index contributed by atoms with van der Waals surface area (Å²) in [5, 5.41) is 11.5. The van der Waals surface area contributed by atoms with Gasteiger partial charge in [-0.3, -0.25) is 4.68 Å². The Labute approximate surface area is 156 Å². The van der Waals surface area contributed by atoms with Gasteiger partial charge in [-0.1, -0.05) is 35.5 Å². The maximum Gasteiger partial charge on any atom is 0.259 e. The third-order valence-electron chi connectivity index (χ3n) is 4.01. The second kappa shape index (κ2) is 7.77. The molecule has 1 N–H and O–H groups in total. The van der Waals surface area contributed by atoms with E-state index in [1.165, 1.54) is 6.33 Å². The first-order valence-corrected chi connectivity index (χ1v) is 8.68.